The molecule has 1 aromatic heterocycles. The van der Waals surface area contributed by atoms with Crippen LogP contribution in [0.15, 0.2) is 24.3 Å². The first-order chi connectivity index (χ1) is 7.11. The van der Waals surface area contributed by atoms with Gasteiger partial charge in [-0.25, -0.2) is 4.98 Å². The third-order valence-electron chi connectivity index (χ3n) is 1.83. The molecule has 0 aliphatic heterocycles. The SMILES string of the molecule is CCS(=O)(=O)Oc1nc2ccccc2s1. The van der Waals surface area contributed by atoms with E-state index in [-0.39, 0.29) is 10.9 Å². The van der Waals surface area contributed by atoms with Crippen molar-refractivity contribution in [3.8, 4) is 5.19 Å². The molecule has 80 valence electrons. The summed E-state index contributed by atoms with van der Waals surface area (Å²) < 4.78 is 28.1. The van der Waals surface area contributed by atoms with Crippen LogP contribution in [0.2, 0.25) is 0 Å². The molecule has 0 amide bonds. The highest BCUT2D eigenvalue weighted by Gasteiger charge is 2.12. The minimum atomic E-state index is -3.47. The summed E-state index contributed by atoms with van der Waals surface area (Å²) in [5.74, 6) is -0.0527. The van der Waals surface area contributed by atoms with E-state index in [1.807, 2.05) is 24.3 Å². The second-order valence-corrected chi connectivity index (χ2v) is 5.73. The van der Waals surface area contributed by atoms with Crippen LogP contribution in [-0.2, 0) is 10.1 Å². The summed E-state index contributed by atoms with van der Waals surface area (Å²) in [6.07, 6.45) is 0. The Bertz CT molecular complexity index is 541. The van der Waals surface area contributed by atoms with Crippen molar-refractivity contribution in [1.29, 1.82) is 0 Å². The monoisotopic (exact) mass is 243 g/mol. The molecule has 0 aliphatic carbocycles. The highest BCUT2D eigenvalue weighted by molar-refractivity contribution is 7.87. The molecule has 6 heteroatoms. The fourth-order valence-electron chi connectivity index (χ4n) is 1.05. The molecule has 0 unspecified atom stereocenters. The normalized spacial score (nSPS) is 11.8. The molecule has 0 fully saturated rings. The number of benzene rings is 1. The lowest BCUT2D eigenvalue weighted by Gasteiger charge is -1.98. The second kappa shape index (κ2) is 3.79. The molecule has 0 saturated carbocycles. The van der Waals surface area contributed by atoms with Crippen LogP contribution in [0.3, 0.4) is 0 Å². The van der Waals surface area contributed by atoms with Crippen molar-refractivity contribution in [3.63, 3.8) is 0 Å². The number of hydrogen-bond donors (Lipinski definition) is 0. The Hall–Kier alpha value is -1.14. The van der Waals surface area contributed by atoms with E-state index in [9.17, 15) is 8.42 Å². The minimum Gasteiger partial charge on any atom is -0.351 e. The standard InChI is InChI=1S/C9H9NO3S2/c1-2-15(11,12)13-9-10-7-5-3-4-6-8(7)14-9/h3-6H,2H2,1H3. The van der Waals surface area contributed by atoms with Gasteiger partial charge < -0.3 is 4.18 Å². The summed E-state index contributed by atoms with van der Waals surface area (Å²) in [7, 11) is -3.47. The average molecular weight is 243 g/mol. The maximum atomic E-state index is 11.2. The summed E-state index contributed by atoms with van der Waals surface area (Å²) >= 11 is 1.23. The maximum Gasteiger partial charge on any atom is 0.311 e. The summed E-state index contributed by atoms with van der Waals surface area (Å²) in [5.41, 5.74) is 0.754. The van der Waals surface area contributed by atoms with Crippen LogP contribution in [0.5, 0.6) is 5.19 Å². The van der Waals surface area contributed by atoms with Crippen molar-refractivity contribution in [2.24, 2.45) is 0 Å². The lowest BCUT2D eigenvalue weighted by molar-refractivity contribution is 0.486. The smallest absolute Gasteiger partial charge is 0.311 e. The maximum absolute atomic E-state index is 11.2. The average Bonchev–Trinajstić information content (AvgIpc) is 2.58. The molecule has 0 saturated heterocycles. The van der Waals surface area contributed by atoms with Crippen LogP contribution in [0.25, 0.3) is 10.2 Å². The zero-order valence-corrected chi connectivity index (χ0v) is 9.64. The Morgan fingerprint density at radius 2 is 2.13 bits per heavy atom. The zero-order valence-electron chi connectivity index (χ0n) is 8.00. The van der Waals surface area contributed by atoms with Gasteiger partial charge in [0, 0.05) is 0 Å². The second-order valence-electron chi connectivity index (χ2n) is 2.88. The molecular weight excluding hydrogens is 234 g/mol. The van der Waals surface area contributed by atoms with E-state index in [0.29, 0.717) is 0 Å². The lowest BCUT2D eigenvalue weighted by Crippen LogP contribution is -2.10. The largest absolute Gasteiger partial charge is 0.351 e. The van der Waals surface area contributed by atoms with E-state index in [1.54, 1.807) is 0 Å². The molecule has 0 aliphatic rings. The van der Waals surface area contributed by atoms with Gasteiger partial charge in [-0.2, -0.15) is 8.42 Å². The summed E-state index contributed by atoms with van der Waals surface area (Å²) in [5, 5.41) is 0.179. The van der Waals surface area contributed by atoms with Crippen molar-refractivity contribution in [2.75, 3.05) is 5.75 Å². The Morgan fingerprint density at radius 1 is 1.40 bits per heavy atom. The van der Waals surface area contributed by atoms with Gasteiger partial charge in [0.2, 0.25) is 0 Å². The van der Waals surface area contributed by atoms with Crippen LogP contribution >= 0.6 is 11.3 Å². The number of para-hydroxylation sites is 1. The molecule has 2 aromatic rings. The van der Waals surface area contributed by atoms with Crippen molar-refractivity contribution in [3.05, 3.63) is 24.3 Å². The third-order valence-corrected chi connectivity index (χ3v) is 3.96. The molecule has 0 bridgehead atoms. The van der Waals surface area contributed by atoms with E-state index >= 15 is 0 Å². The molecule has 4 nitrogen and oxygen atoms in total. The number of aromatic nitrogens is 1. The summed E-state index contributed by atoms with van der Waals surface area (Å²) in [6.45, 7) is 1.53. The number of thiazole rings is 1. The molecular formula is C9H9NO3S2. The van der Waals surface area contributed by atoms with Gasteiger partial charge in [-0.1, -0.05) is 23.5 Å². The Balaban J connectivity index is 2.38. The highest BCUT2D eigenvalue weighted by Crippen LogP contribution is 2.28. The Labute approximate surface area is 91.7 Å². The third kappa shape index (κ3) is 2.27. The molecule has 1 aromatic carbocycles. The molecule has 0 radical (unpaired) electrons. The zero-order chi connectivity index (χ0) is 10.9. The first kappa shape index (κ1) is 10.4. The van der Waals surface area contributed by atoms with Gasteiger partial charge in [-0.05, 0) is 19.1 Å². The van der Waals surface area contributed by atoms with E-state index in [2.05, 4.69) is 4.98 Å². The van der Waals surface area contributed by atoms with Crippen LogP contribution in [0.4, 0.5) is 0 Å². The van der Waals surface area contributed by atoms with Gasteiger partial charge in [0.1, 0.15) is 0 Å². The van der Waals surface area contributed by atoms with E-state index in [1.165, 1.54) is 18.3 Å². The van der Waals surface area contributed by atoms with E-state index in [0.717, 1.165) is 10.2 Å². The Morgan fingerprint density at radius 3 is 2.80 bits per heavy atom. The van der Waals surface area contributed by atoms with E-state index < -0.39 is 10.1 Å². The fourth-order valence-corrected chi connectivity index (χ4v) is 2.57. The van der Waals surface area contributed by atoms with Crippen LogP contribution in [0, 0.1) is 0 Å². The minimum absolute atomic E-state index is 0.0527. The highest BCUT2D eigenvalue weighted by atomic mass is 32.2. The van der Waals surface area contributed by atoms with Crippen LogP contribution in [-0.4, -0.2) is 19.2 Å². The van der Waals surface area contributed by atoms with Crippen molar-refractivity contribution < 1.29 is 12.6 Å². The molecule has 0 atom stereocenters. The summed E-state index contributed by atoms with van der Waals surface area (Å²) in [4.78, 5) is 4.06. The topological polar surface area (TPSA) is 56.3 Å². The van der Waals surface area contributed by atoms with Gasteiger partial charge in [0.15, 0.2) is 0 Å². The predicted molar refractivity (Wildman–Crippen MR) is 59.7 cm³/mol. The number of rotatable bonds is 3. The van der Waals surface area contributed by atoms with Crippen molar-refractivity contribution >= 4 is 31.7 Å². The van der Waals surface area contributed by atoms with Crippen molar-refractivity contribution in [1.82, 2.24) is 4.98 Å². The first-order valence-electron chi connectivity index (χ1n) is 4.38. The number of nitrogens with zero attached hydrogens (tertiary/aromatic N) is 1. The quantitative estimate of drug-likeness (QED) is 0.774. The molecule has 1 heterocycles. The van der Waals surface area contributed by atoms with Crippen LogP contribution in [0.1, 0.15) is 6.92 Å². The van der Waals surface area contributed by atoms with Gasteiger partial charge in [0.25, 0.3) is 5.19 Å². The lowest BCUT2D eigenvalue weighted by atomic mass is 10.3. The summed E-state index contributed by atoms with van der Waals surface area (Å²) in [6, 6.07) is 7.41. The van der Waals surface area contributed by atoms with E-state index in [4.69, 9.17) is 4.18 Å². The molecule has 0 spiro atoms. The van der Waals surface area contributed by atoms with Gasteiger partial charge >= 0.3 is 10.1 Å². The van der Waals surface area contributed by atoms with Gasteiger partial charge in [-0.15, -0.1) is 0 Å². The van der Waals surface area contributed by atoms with Crippen molar-refractivity contribution in [2.45, 2.75) is 6.92 Å². The first-order valence-corrected chi connectivity index (χ1v) is 6.78. The van der Waals surface area contributed by atoms with Crippen LogP contribution < -0.4 is 4.18 Å². The Kier molecular flexibility index (Phi) is 2.62. The fraction of sp³-hybridized carbons (Fsp3) is 0.222. The van der Waals surface area contributed by atoms with Gasteiger partial charge in [-0.3, -0.25) is 0 Å². The molecule has 0 N–H and O–H groups in total. The molecule has 2 rings (SSSR count). The number of hydrogen-bond acceptors (Lipinski definition) is 5. The van der Waals surface area contributed by atoms with Gasteiger partial charge in [0.05, 0.1) is 16.0 Å². The number of fused-ring (bicyclic) bond motifs is 1. The predicted octanol–water partition coefficient (Wildman–Crippen LogP) is 2.02. The molecule has 15 heavy (non-hydrogen) atoms.